The highest BCUT2D eigenvalue weighted by molar-refractivity contribution is 5.91. The molecule has 0 spiro atoms. The number of piperidine rings is 3. The minimum Gasteiger partial charge on any atom is -0.480 e. The Morgan fingerprint density at radius 2 is 1.50 bits per heavy atom. The van der Waals surface area contributed by atoms with Gasteiger partial charge in [-0.25, -0.2) is 9.59 Å². The molecule has 2 aromatic rings. The Balaban J connectivity index is 1.08. The number of fused-ring (bicyclic) bond motifs is 1. The van der Waals surface area contributed by atoms with Gasteiger partial charge in [-0.05, 0) is 112 Å². The van der Waals surface area contributed by atoms with E-state index in [0.29, 0.717) is 69.6 Å². The van der Waals surface area contributed by atoms with Gasteiger partial charge in [0, 0.05) is 50.9 Å². The number of carbonyl (C=O) groups is 5. The van der Waals surface area contributed by atoms with Gasteiger partial charge in [-0.15, -0.1) is 0 Å². The third kappa shape index (κ3) is 8.86. The van der Waals surface area contributed by atoms with Gasteiger partial charge in [0.2, 0.25) is 0 Å². The fourth-order valence-corrected chi connectivity index (χ4v) is 8.65. The Kier molecular flexibility index (Phi) is 12.0. The standard InChI is InChI=1S/C39H51N5O8/c1-26-21-28(22-27(2)36(26)51-25-45)23-34(37(48)42-16-9-30(10-17-42)29-7-14-41(15-8-29)24-35(46)47)52-39(50)43-18-12-32(13-19-43)44-20-11-31-5-3-4-6-33(31)40-38(44)49/h3-6,21-22,25,29-30,32,34H,7-20,23-24H2,1-2H3,(H,40,49)(H,46,47)/t34-/m1/s1. The molecule has 2 N–H and O–H groups in total. The molecule has 2 aromatic carbocycles. The van der Waals surface area contributed by atoms with Crippen LogP contribution in [0.25, 0.3) is 0 Å². The summed E-state index contributed by atoms with van der Waals surface area (Å²) in [5, 5.41) is 12.2. The highest BCUT2D eigenvalue weighted by Crippen LogP contribution is 2.33. The summed E-state index contributed by atoms with van der Waals surface area (Å²) >= 11 is 0. The molecule has 3 saturated heterocycles. The lowest BCUT2D eigenvalue weighted by atomic mass is 9.78. The van der Waals surface area contributed by atoms with Crippen LogP contribution in [-0.2, 0) is 32.0 Å². The van der Waals surface area contributed by atoms with E-state index in [1.165, 1.54) is 0 Å². The van der Waals surface area contributed by atoms with E-state index in [1.807, 2.05) is 64.9 Å². The number of anilines is 1. The third-order valence-electron chi connectivity index (χ3n) is 11.4. The zero-order chi connectivity index (χ0) is 36.8. The zero-order valence-corrected chi connectivity index (χ0v) is 30.3. The second kappa shape index (κ2) is 16.8. The predicted molar refractivity (Wildman–Crippen MR) is 193 cm³/mol. The molecular formula is C39H51N5O8. The van der Waals surface area contributed by atoms with Crippen molar-refractivity contribution in [1.29, 1.82) is 0 Å². The van der Waals surface area contributed by atoms with Gasteiger partial charge in [-0.2, -0.15) is 0 Å². The Bertz CT molecular complexity index is 1600. The normalized spacial score (nSPS) is 20.0. The number of ether oxygens (including phenoxy) is 2. The monoisotopic (exact) mass is 717 g/mol. The summed E-state index contributed by atoms with van der Waals surface area (Å²) in [6.07, 6.45) is 4.21. The van der Waals surface area contributed by atoms with Gasteiger partial charge in [-0.3, -0.25) is 19.3 Å². The van der Waals surface area contributed by atoms with Crippen LogP contribution in [0.4, 0.5) is 15.3 Å². The van der Waals surface area contributed by atoms with Crippen LogP contribution >= 0.6 is 0 Å². The molecule has 0 radical (unpaired) electrons. The molecule has 4 heterocycles. The summed E-state index contributed by atoms with van der Waals surface area (Å²) in [6.45, 7) is 8.27. The van der Waals surface area contributed by atoms with Crippen molar-refractivity contribution in [3.8, 4) is 5.75 Å². The summed E-state index contributed by atoms with van der Waals surface area (Å²) in [4.78, 5) is 70.5. The number of hydrogen-bond acceptors (Lipinski definition) is 8. The number of aryl methyl sites for hydroxylation is 2. The molecule has 0 bridgehead atoms. The number of rotatable bonds is 10. The first-order valence-electron chi connectivity index (χ1n) is 18.6. The number of benzene rings is 2. The molecule has 13 heteroatoms. The van der Waals surface area contributed by atoms with Gasteiger partial charge in [0.05, 0.1) is 6.54 Å². The number of carboxylic acid groups (broad SMARTS) is 1. The number of hydrogen-bond donors (Lipinski definition) is 2. The SMILES string of the molecule is Cc1cc(C[C@@H](OC(=O)N2CCC(N3CCc4ccccc4NC3=O)CC2)C(=O)N2CCC(C3CCN(CC(=O)O)CC3)CC2)cc(C)c1OC=O. The molecule has 0 aliphatic carbocycles. The third-order valence-corrected chi connectivity index (χ3v) is 11.4. The van der Waals surface area contributed by atoms with Crippen LogP contribution in [0.3, 0.4) is 0 Å². The average molecular weight is 718 g/mol. The number of carboxylic acids is 1. The van der Waals surface area contributed by atoms with E-state index in [2.05, 4.69) is 5.32 Å². The van der Waals surface area contributed by atoms with Crippen LogP contribution in [0.2, 0.25) is 0 Å². The van der Waals surface area contributed by atoms with E-state index in [4.69, 9.17) is 14.6 Å². The summed E-state index contributed by atoms with van der Waals surface area (Å²) < 4.78 is 11.3. The number of likely N-dealkylation sites (tertiary alicyclic amines) is 3. The molecule has 4 aliphatic rings. The van der Waals surface area contributed by atoms with Crippen LogP contribution in [-0.4, -0.2) is 120 Å². The van der Waals surface area contributed by atoms with Gasteiger partial charge in [0.1, 0.15) is 5.75 Å². The average Bonchev–Trinajstić information content (AvgIpc) is 3.30. The molecule has 280 valence electrons. The first-order chi connectivity index (χ1) is 25.1. The van der Waals surface area contributed by atoms with Crippen molar-refractivity contribution >= 4 is 36.2 Å². The number of nitrogens with zero attached hydrogens (tertiary/aromatic N) is 4. The topological polar surface area (TPSA) is 149 Å². The molecule has 1 atom stereocenters. The summed E-state index contributed by atoms with van der Waals surface area (Å²) in [6, 6.07) is 11.4. The number of urea groups is 1. The zero-order valence-electron chi connectivity index (χ0n) is 30.3. The first-order valence-corrected chi connectivity index (χ1v) is 18.6. The largest absolute Gasteiger partial charge is 0.480 e. The van der Waals surface area contributed by atoms with E-state index in [1.54, 1.807) is 4.90 Å². The maximum Gasteiger partial charge on any atom is 0.410 e. The summed E-state index contributed by atoms with van der Waals surface area (Å²) in [5.74, 6) is 0.428. The van der Waals surface area contributed by atoms with Gasteiger partial charge in [0.25, 0.3) is 12.4 Å². The molecule has 3 fully saturated rings. The lowest BCUT2D eigenvalue weighted by molar-refractivity contribution is -0.142. The highest BCUT2D eigenvalue weighted by Gasteiger charge is 2.37. The van der Waals surface area contributed by atoms with Crippen LogP contribution in [0.15, 0.2) is 36.4 Å². The molecule has 0 aromatic heterocycles. The molecule has 0 saturated carbocycles. The molecular weight excluding hydrogens is 666 g/mol. The lowest BCUT2D eigenvalue weighted by Gasteiger charge is -2.41. The van der Waals surface area contributed by atoms with Crippen LogP contribution < -0.4 is 10.1 Å². The van der Waals surface area contributed by atoms with Crippen LogP contribution in [0.1, 0.15) is 60.8 Å². The number of aliphatic carboxylic acids is 1. The van der Waals surface area contributed by atoms with Crippen molar-refractivity contribution in [1.82, 2.24) is 19.6 Å². The Morgan fingerprint density at radius 1 is 0.885 bits per heavy atom. The molecule has 4 aliphatic heterocycles. The van der Waals surface area contributed by atoms with Crippen molar-refractivity contribution in [3.63, 3.8) is 0 Å². The molecule has 13 nitrogen and oxygen atoms in total. The quantitative estimate of drug-likeness (QED) is 0.340. The smallest absolute Gasteiger partial charge is 0.410 e. The van der Waals surface area contributed by atoms with Gasteiger partial charge < -0.3 is 34.6 Å². The lowest BCUT2D eigenvalue weighted by Crippen LogP contribution is -2.52. The number of nitrogens with one attached hydrogen (secondary N) is 1. The fraction of sp³-hybridized carbons (Fsp3) is 0.564. The van der Waals surface area contributed by atoms with Crippen molar-refractivity contribution < 1.29 is 38.6 Å². The minimum atomic E-state index is -1.03. The number of amides is 4. The minimum absolute atomic E-state index is 0.0143. The fourth-order valence-electron chi connectivity index (χ4n) is 8.65. The predicted octanol–water partition coefficient (Wildman–Crippen LogP) is 4.48. The van der Waals surface area contributed by atoms with Gasteiger partial charge in [-0.1, -0.05) is 30.3 Å². The van der Waals surface area contributed by atoms with E-state index in [0.717, 1.165) is 73.1 Å². The van der Waals surface area contributed by atoms with E-state index in [-0.39, 0.29) is 30.9 Å². The Hall–Kier alpha value is -4.65. The maximum atomic E-state index is 14.2. The van der Waals surface area contributed by atoms with E-state index >= 15 is 0 Å². The number of carbonyl (C=O) groups excluding carboxylic acids is 4. The molecule has 4 amide bonds. The second-order valence-electron chi connectivity index (χ2n) is 14.8. The van der Waals surface area contributed by atoms with Gasteiger partial charge in [0.15, 0.2) is 6.10 Å². The van der Waals surface area contributed by atoms with E-state index in [9.17, 15) is 24.0 Å². The van der Waals surface area contributed by atoms with Crippen LogP contribution in [0.5, 0.6) is 5.75 Å². The maximum absolute atomic E-state index is 14.2. The Morgan fingerprint density at radius 3 is 2.13 bits per heavy atom. The summed E-state index contributed by atoms with van der Waals surface area (Å²) in [7, 11) is 0. The van der Waals surface area contributed by atoms with E-state index < -0.39 is 18.2 Å². The molecule has 0 unspecified atom stereocenters. The molecule has 6 rings (SSSR count). The molecule has 52 heavy (non-hydrogen) atoms. The second-order valence-corrected chi connectivity index (χ2v) is 14.8. The van der Waals surface area contributed by atoms with Crippen LogP contribution in [0, 0.1) is 25.7 Å². The van der Waals surface area contributed by atoms with Gasteiger partial charge >= 0.3 is 18.1 Å². The van der Waals surface area contributed by atoms with Crippen molar-refractivity contribution in [3.05, 3.63) is 58.7 Å². The number of para-hydroxylation sites is 1. The van der Waals surface area contributed by atoms with Crippen molar-refractivity contribution in [2.75, 3.05) is 57.7 Å². The Labute approximate surface area is 305 Å². The first kappa shape index (κ1) is 37.1. The van der Waals surface area contributed by atoms with Crippen molar-refractivity contribution in [2.45, 2.75) is 77.4 Å². The summed E-state index contributed by atoms with van der Waals surface area (Å²) in [5.41, 5.74) is 4.24. The van der Waals surface area contributed by atoms with Crippen molar-refractivity contribution in [2.24, 2.45) is 11.8 Å². The highest BCUT2D eigenvalue weighted by atomic mass is 16.6.